The molecule has 0 aliphatic carbocycles. The minimum absolute atomic E-state index is 0.347. The molecule has 0 unspecified atom stereocenters. The van der Waals surface area contributed by atoms with Gasteiger partial charge < -0.3 is 20.2 Å². The summed E-state index contributed by atoms with van der Waals surface area (Å²) in [5.74, 6) is -1.50. The average Bonchev–Trinajstić information content (AvgIpc) is 2.59. The molecule has 7 nitrogen and oxygen atoms in total. The molecule has 142 valence electrons. The van der Waals surface area contributed by atoms with Gasteiger partial charge in [0, 0.05) is 6.92 Å². The molecule has 0 saturated heterocycles. The number of nitrogens with zero attached hydrogens (tertiary/aromatic N) is 1. The van der Waals surface area contributed by atoms with Crippen LogP contribution in [0, 0.1) is 6.57 Å². The van der Waals surface area contributed by atoms with Crippen LogP contribution in [0.15, 0.2) is 0 Å². The molecule has 7 heteroatoms. The fourth-order valence-corrected chi connectivity index (χ4v) is 2.04. The van der Waals surface area contributed by atoms with E-state index in [1.165, 1.54) is 40.0 Å². The molecule has 0 spiro atoms. The highest BCUT2D eigenvalue weighted by atomic mass is 16.5. The van der Waals surface area contributed by atoms with Crippen LogP contribution < -0.4 is 10.6 Å². The van der Waals surface area contributed by atoms with Gasteiger partial charge in [-0.3, -0.25) is 9.59 Å². The maximum atomic E-state index is 12.0. The Bertz CT molecular complexity index is 473. The van der Waals surface area contributed by atoms with Crippen LogP contribution in [0.25, 0.3) is 4.85 Å². The number of hydrogen-bond acceptors (Lipinski definition) is 4. The van der Waals surface area contributed by atoms with E-state index in [0.717, 1.165) is 19.3 Å². The molecule has 0 fully saturated rings. The van der Waals surface area contributed by atoms with Crippen molar-refractivity contribution in [2.45, 2.75) is 84.3 Å². The topological polar surface area (TPSA) is 88.9 Å². The third kappa shape index (κ3) is 10.4. The summed E-state index contributed by atoms with van der Waals surface area (Å²) in [5, 5.41) is 4.94. The van der Waals surface area contributed by atoms with E-state index in [9.17, 15) is 14.4 Å². The van der Waals surface area contributed by atoms with E-state index in [-0.39, 0.29) is 0 Å². The van der Waals surface area contributed by atoms with Crippen molar-refractivity contribution in [1.29, 1.82) is 0 Å². The molecular formula is C18H31N3O4. The zero-order valence-corrected chi connectivity index (χ0v) is 15.8. The highest BCUT2D eigenvalue weighted by Crippen LogP contribution is 2.05. The lowest BCUT2D eigenvalue weighted by molar-refractivity contribution is -0.147. The molecule has 0 saturated carbocycles. The Balaban J connectivity index is 4.03. The molecule has 0 radical (unpaired) electrons. The Hall–Kier alpha value is -2.10. The minimum Gasteiger partial charge on any atom is -0.464 e. The van der Waals surface area contributed by atoms with Crippen molar-refractivity contribution in [3.05, 3.63) is 11.4 Å². The van der Waals surface area contributed by atoms with E-state index in [1.54, 1.807) is 0 Å². The van der Waals surface area contributed by atoms with Crippen molar-refractivity contribution >= 4 is 17.8 Å². The predicted octanol–water partition coefficient (Wildman–Crippen LogP) is 2.21. The Labute approximate surface area is 150 Å². The van der Waals surface area contributed by atoms with Gasteiger partial charge in [-0.1, -0.05) is 39.0 Å². The van der Waals surface area contributed by atoms with E-state index >= 15 is 0 Å². The number of nitrogens with one attached hydrogen (secondary N) is 2. The highest BCUT2D eigenvalue weighted by Gasteiger charge is 2.25. The number of esters is 1. The van der Waals surface area contributed by atoms with Gasteiger partial charge in [-0.15, -0.1) is 0 Å². The summed E-state index contributed by atoms with van der Waals surface area (Å²) < 4.78 is 5.15. The number of carbonyl (C=O) groups is 3. The molecule has 0 aliphatic rings. The Morgan fingerprint density at radius 1 is 0.920 bits per heavy atom. The Kier molecular flexibility index (Phi) is 12.1. The van der Waals surface area contributed by atoms with Crippen molar-refractivity contribution in [1.82, 2.24) is 10.6 Å². The predicted molar refractivity (Wildman–Crippen MR) is 95.6 cm³/mol. The van der Waals surface area contributed by atoms with Crippen LogP contribution in [0.2, 0.25) is 0 Å². The zero-order valence-electron chi connectivity index (χ0n) is 15.8. The van der Waals surface area contributed by atoms with Gasteiger partial charge >= 0.3 is 11.9 Å². The van der Waals surface area contributed by atoms with E-state index < -0.39 is 35.9 Å². The third-order valence-electron chi connectivity index (χ3n) is 3.78. The summed E-state index contributed by atoms with van der Waals surface area (Å²) in [4.78, 5) is 38.5. The molecule has 25 heavy (non-hydrogen) atoms. The molecule has 0 aromatic carbocycles. The van der Waals surface area contributed by atoms with Crippen molar-refractivity contribution in [2.24, 2.45) is 0 Å². The molecule has 2 N–H and O–H groups in total. The average molecular weight is 353 g/mol. The fraction of sp³-hybridized carbons (Fsp3) is 0.778. The van der Waals surface area contributed by atoms with Gasteiger partial charge in [-0.05, 0) is 20.3 Å². The third-order valence-corrected chi connectivity index (χ3v) is 3.78. The van der Waals surface area contributed by atoms with Crippen LogP contribution >= 0.6 is 0 Å². The summed E-state index contributed by atoms with van der Waals surface area (Å²) in [6, 6.07) is -2.47. The minimum atomic E-state index is -0.852. The van der Waals surface area contributed by atoms with E-state index in [4.69, 9.17) is 11.3 Å². The molecule has 0 heterocycles. The first-order valence-electron chi connectivity index (χ1n) is 8.97. The maximum absolute atomic E-state index is 12.0. The van der Waals surface area contributed by atoms with Crippen LogP contribution in [-0.4, -0.2) is 42.5 Å². The van der Waals surface area contributed by atoms with Crippen LogP contribution in [-0.2, 0) is 19.1 Å². The molecular weight excluding hydrogens is 322 g/mol. The van der Waals surface area contributed by atoms with E-state index in [1.807, 2.05) is 0 Å². The molecule has 0 bridgehead atoms. The van der Waals surface area contributed by atoms with Gasteiger partial charge in [0.25, 0.3) is 6.04 Å². The van der Waals surface area contributed by atoms with Crippen LogP contribution in [0.3, 0.4) is 0 Å². The van der Waals surface area contributed by atoms with Gasteiger partial charge in [0.15, 0.2) is 0 Å². The summed E-state index contributed by atoms with van der Waals surface area (Å²) in [6.07, 6.45) is 6.60. The van der Waals surface area contributed by atoms with Crippen molar-refractivity contribution in [3.8, 4) is 0 Å². The second kappa shape index (κ2) is 13.2. The molecule has 0 rings (SSSR count). The summed E-state index contributed by atoms with van der Waals surface area (Å²) >= 11 is 0. The van der Waals surface area contributed by atoms with Gasteiger partial charge in [-0.2, -0.15) is 0 Å². The zero-order chi connectivity index (χ0) is 19.2. The van der Waals surface area contributed by atoms with E-state index in [2.05, 4.69) is 22.4 Å². The summed E-state index contributed by atoms with van der Waals surface area (Å²) in [6.45, 7) is 13.8. The second-order valence-corrected chi connectivity index (χ2v) is 6.20. The second-order valence-electron chi connectivity index (χ2n) is 6.20. The highest BCUT2D eigenvalue weighted by molar-refractivity contribution is 5.92. The molecule has 0 aromatic rings. The van der Waals surface area contributed by atoms with Crippen LogP contribution in [0.4, 0.5) is 0 Å². The van der Waals surface area contributed by atoms with Gasteiger partial charge in [0.05, 0.1) is 6.61 Å². The number of hydrogen-bond donors (Lipinski definition) is 2. The first-order chi connectivity index (χ1) is 11.8. The molecule has 2 amide bonds. The number of ether oxygens (including phenoxy) is 1. The van der Waals surface area contributed by atoms with Crippen molar-refractivity contribution in [2.75, 3.05) is 6.61 Å². The Morgan fingerprint density at radius 2 is 1.48 bits per heavy atom. The largest absolute Gasteiger partial charge is 0.464 e. The van der Waals surface area contributed by atoms with Crippen molar-refractivity contribution in [3.63, 3.8) is 0 Å². The fourth-order valence-electron chi connectivity index (χ4n) is 2.04. The van der Waals surface area contributed by atoms with Gasteiger partial charge in [0.1, 0.15) is 12.1 Å². The van der Waals surface area contributed by atoms with Crippen LogP contribution in [0.5, 0.6) is 0 Å². The lowest BCUT2D eigenvalue weighted by atomic mass is 10.1. The first kappa shape index (κ1) is 22.9. The summed E-state index contributed by atoms with van der Waals surface area (Å²) in [7, 11) is 0. The first-order valence-corrected chi connectivity index (χ1v) is 8.97. The van der Waals surface area contributed by atoms with Crippen molar-refractivity contribution < 1.29 is 19.1 Å². The number of amides is 2. The smallest absolute Gasteiger partial charge is 0.328 e. The monoisotopic (exact) mass is 353 g/mol. The Morgan fingerprint density at radius 3 is 2.08 bits per heavy atom. The molecule has 0 aromatic heterocycles. The number of unbranched alkanes of at least 4 members (excludes halogenated alkanes) is 5. The molecule has 0 aliphatic heterocycles. The lowest BCUT2D eigenvalue weighted by Gasteiger charge is -2.17. The standard InChI is InChI=1S/C18H31N3O4/c1-6-7-8-9-10-11-12-25-18(24)15(4)21-17(23)14(3)20-16(22)13(2)19-5/h13-15H,6-12H2,1-4H3,(H,20,22)(H,21,23)/t13-,14-,15-/m0/s1. The van der Waals surface area contributed by atoms with Gasteiger partial charge in [-0.25, -0.2) is 11.4 Å². The SMILES string of the molecule is [C-]#[N+][C@@H](C)C(=O)N[C@@H](C)C(=O)N[C@@H](C)C(=O)OCCCCCCCC. The van der Waals surface area contributed by atoms with Crippen LogP contribution in [0.1, 0.15) is 66.2 Å². The quantitative estimate of drug-likeness (QED) is 0.320. The number of carbonyl (C=O) groups excluding carboxylic acids is 3. The van der Waals surface area contributed by atoms with E-state index in [0.29, 0.717) is 6.61 Å². The number of rotatable bonds is 12. The summed E-state index contributed by atoms with van der Waals surface area (Å²) in [5.41, 5.74) is 0. The van der Waals surface area contributed by atoms with Gasteiger partial charge in [0.2, 0.25) is 5.91 Å². The normalized spacial score (nSPS) is 13.9. The molecule has 3 atom stereocenters. The maximum Gasteiger partial charge on any atom is 0.328 e. The lowest BCUT2D eigenvalue weighted by Crippen LogP contribution is -2.51.